The summed E-state index contributed by atoms with van der Waals surface area (Å²) in [5.74, 6) is 0.394. The summed E-state index contributed by atoms with van der Waals surface area (Å²) >= 11 is 0. The zero-order chi connectivity index (χ0) is 14.9. The Hall–Kier alpha value is -2.63. The molecule has 0 spiro atoms. The van der Waals surface area contributed by atoms with Gasteiger partial charge in [0.15, 0.2) is 0 Å². The molecular weight excluding hydrogens is 270 g/mol. The molecule has 21 heavy (non-hydrogen) atoms. The fourth-order valence-electron chi connectivity index (χ4n) is 2.49. The monoisotopic (exact) mass is 285 g/mol. The number of hydrogen-bond acceptors (Lipinski definition) is 4. The highest BCUT2D eigenvalue weighted by molar-refractivity contribution is 5.92. The van der Waals surface area contributed by atoms with Crippen molar-refractivity contribution in [1.82, 2.24) is 15.3 Å². The molecule has 3 rings (SSSR count). The SMILES string of the molecule is CC1(NC(=O)c2cc(=O)[nH]cn2)CCOc2ccccc21. The molecule has 1 amide bonds. The summed E-state index contributed by atoms with van der Waals surface area (Å²) in [5.41, 5.74) is 0.127. The van der Waals surface area contributed by atoms with Crippen LogP contribution in [-0.2, 0) is 5.54 Å². The van der Waals surface area contributed by atoms with Crippen molar-refractivity contribution in [1.29, 1.82) is 0 Å². The predicted octanol–water partition coefficient (Wildman–Crippen LogP) is 1.20. The Morgan fingerprint density at radius 1 is 1.43 bits per heavy atom. The number of aromatic amines is 1. The van der Waals surface area contributed by atoms with Gasteiger partial charge in [-0.2, -0.15) is 0 Å². The molecule has 1 aliphatic heterocycles. The summed E-state index contributed by atoms with van der Waals surface area (Å²) in [6, 6.07) is 8.79. The normalized spacial score (nSPS) is 20.2. The zero-order valence-corrected chi connectivity index (χ0v) is 11.6. The topological polar surface area (TPSA) is 84.1 Å². The molecule has 1 unspecified atom stereocenters. The molecule has 6 nitrogen and oxygen atoms in total. The molecular formula is C15H15N3O3. The molecule has 0 fully saturated rings. The van der Waals surface area contributed by atoms with E-state index in [0.717, 1.165) is 11.3 Å². The van der Waals surface area contributed by atoms with Crippen LogP contribution in [0.1, 0.15) is 29.4 Å². The molecule has 2 N–H and O–H groups in total. The standard InChI is InChI=1S/C15H15N3O3/c1-15(6-7-21-12-5-3-2-4-10(12)15)18-14(20)11-8-13(19)17-9-16-11/h2-5,8-9H,6-7H2,1H3,(H,18,20)(H,16,17,19). The van der Waals surface area contributed by atoms with Crippen LogP contribution in [0, 0.1) is 0 Å². The van der Waals surface area contributed by atoms with Crippen molar-refractivity contribution in [2.45, 2.75) is 18.9 Å². The lowest BCUT2D eigenvalue weighted by Crippen LogP contribution is -2.47. The predicted molar refractivity (Wildman–Crippen MR) is 76.2 cm³/mol. The quantitative estimate of drug-likeness (QED) is 0.868. The fraction of sp³-hybridized carbons (Fsp3) is 0.267. The minimum absolute atomic E-state index is 0.101. The van der Waals surface area contributed by atoms with Crippen molar-refractivity contribution in [2.24, 2.45) is 0 Å². The van der Waals surface area contributed by atoms with Crippen LogP contribution in [0.2, 0.25) is 0 Å². The first-order chi connectivity index (χ1) is 10.1. The number of carbonyl (C=O) groups is 1. The summed E-state index contributed by atoms with van der Waals surface area (Å²) in [6.45, 7) is 2.47. The van der Waals surface area contributed by atoms with Gasteiger partial charge in [0.25, 0.3) is 11.5 Å². The Morgan fingerprint density at radius 2 is 2.24 bits per heavy atom. The summed E-state index contributed by atoms with van der Waals surface area (Å²) in [6.07, 6.45) is 1.87. The van der Waals surface area contributed by atoms with Crippen LogP contribution >= 0.6 is 0 Å². The highest BCUT2D eigenvalue weighted by atomic mass is 16.5. The number of nitrogens with zero attached hydrogens (tertiary/aromatic N) is 1. The molecule has 0 saturated carbocycles. The van der Waals surface area contributed by atoms with Crippen molar-refractivity contribution in [3.8, 4) is 5.75 Å². The lowest BCUT2D eigenvalue weighted by molar-refractivity contribution is 0.0868. The molecule has 6 heteroatoms. The lowest BCUT2D eigenvalue weighted by Gasteiger charge is -2.36. The van der Waals surface area contributed by atoms with E-state index in [-0.39, 0.29) is 17.2 Å². The maximum Gasteiger partial charge on any atom is 0.270 e. The second-order valence-electron chi connectivity index (χ2n) is 5.18. The molecule has 2 heterocycles. The second-order valence-corrected chi connectivity index (χ2v) is 5.18. The van der Waals surface area contributed by atoms with Crippen LogP contribution < -0.4 is 15.6 Å². The summed E-state index contributed by atoms with van der Waals surface area (Å²) < 4.78 is 5.60. The van der Waals surface area contributed by atoms with E-state index in [9.17, 15) is 9.59 Å². The van der Waals surface area contributed by atoms with E-state index in [1.54, 1.807) is 0 Å². The number of nitrogens with one attached hydrogen (secondary N) is 2. The second kappa shape index (κ2) is 5.05. The number of hydrogen-bond donors (Lipinski definition) is 2. The van der Waals surface area contributed by atoms with Crippen molar-refractivity contribution in [3.63, 3.8) is 0 Å². The van der Waals surface area contributed by atoms with E-state index in [1.165, 1.54) is 12.4 Å². The Kier molecular flexibility index (Phi) is 3.21. The van der Waals surface area contributed by atoms with Gasteiger partial charge in [-0.15, -0.1) is 0 Å². The summed E-state index contributed by atoms with van der Waals surface area (Å²) in [7, 11) is 0. The number of carbonyl (C=O) groups excluding carboxylic acids is 1. The van der Waals surface area contributed by atoms with Crippen LogP contribution in [0.4, 0.5) is 0 Å². The first kappa shape index (κ1) is 13.4. The third-order valence-corrected chi connectivity index (χ3v) is 3.64. The average molecular weight is 285 g/mol. The smallest absolute Gasteiger partial charge is 0.270 e. The van der Waals surface area contributed by atoms with Gasteiger partial charge >= 0.3 is 0 Å². The van der Waals surface area contributed by atoms with Gasteiger partial charge < -0.3 is 15.0 Å². The van der Waals surface area contributed by atoms with E-state index in [1.807, 2.05) is 31.2 Å². The molecule has 0 aliphatic carbocycles. The molecule has 1 atom stereocenters. The van der Waals surface area contributed by atoms with Crippen LogP contribution in [0.3, 0.4) is 0 Å². The largest absolute Gasteiger partial charge is 0.493 e. The Labute approximate surface area is 121 Å². The lowest BCUT2D eigenvalue weighted by atomic mass is 9.86. The van der Waals surface area contributed by atoms with Gasteiger partial charge in [-0.1, -0.05) is 18.2 Å². The van der Waals surface area contributed by atoms with Gasteiger partial charge in [0, 0.05) is 18.1 Å². The maximum atomic E-state index is 12.3. The van der Waals surface area contributed by atoms with E-state index in [0.29, 0.717) is 13.0 Å². The van der Waals surface area contributed by atoms with E-state index >= 15 is 0 Å². The maximum absolute atomic E-state index is 12.3. The van der Waals surface area contributed by atoms with Gasteiger partial charge in [-0.05, 0) is 13.0 Å². The number of aromatic nitrogens is 2. The Morgan fingerprint density at radius 3 is 3.05 bits per heavy atom. The minimum atomic E-state index is -0.545. The highest BCUT2D eigenvalue weighted by Gasteiger charge is 2.35. The zero-order valence-electron chi connectivity index (χ0n) is 11.6. The van der Waals surface area contributed by atoms with Crippen molar-refractivity contribution < 1.29 is 9.53 Å². The molecule has 108 valence electrons. The number of amides is 1. The van der Waals surface area contributed by atoms with E-state index in [4.69, 9.17) is 4.74 Å². The fourth-order valence-corrected chi connectivity index (χ4v) is 2.49. The molecule has 1 aromatic carbocycles. The molecule has 0 saturated heterocycles. The number of rotatable bonds is 2. The van der Waals surface area contributed by atoms with Gasteiger partial charge in [-0.25, -0.2) is 4.98 Å². The van der Waals surface area contributed by atoms with Crippen molar-refractivity contribution >= 4 is 5.91 Å². The van der Waals surface area contributed by atoms with Crippen LogP contribution in [0.25, 0.3) is 0 Å². The van der Waals surface area contributed by atoms with Gasteiger partial charge in [0.05, 0.1) is 18.5 Å². The van der Waals surface area contributed by atoms with Crippen LogP contribution in [-0.4, -0.2) is 22.5 Å². The molecule has 2 aromatic rings. The first-order valence-electron chi connectivity index (χ1n) is 6.68. The number of benzene rings is 1. The molecule has 0 bridgehead atoms. The highest BCUT2D eigenvalue weighted by Crippen LogP contribution is 2.36. The Balaban J connectivity index is 1.91. The van der Waals surface area contributed by atoms with Crippen LogP contribution in [0.15, 0.2) is 41.5 Å². The number of fused-ring (bicyclic) bond motifs is 1. The number of H-pyrrole nitrogens is 1. The third-order valence-electron chi connectivity index (χ3n) is 3.64. The van der Waals surface area contributed by atoms with Gasteiger partial charge in [0.1, 0.15) is 11.4 Å². The summed E-state index contributed by atoms with van der Waals surface area (Å²) in [5, 5.41) is 2.96. The van der Waals surface area contributed by atoms with E-state index in [2.05, 4.69) is 15.3 Å². The molecule has 1 aliphatic rings. The van der Waals surface area contributed by atoms with Crippen LogP contribution in [0.5, 0.6) is 5.75 Å². The number of ether oxygens (including phenoxy) is 1. The Bertz CT molecular complexity index is 741. The van der Waals surface area contributed by atoms with Crippen molar-refractivity contribution in [3.05, 3.63) is 58.3 Å². The average Bonchev–Trinajstić information content (AvgIpc) is 2.47. The third kappa shape index (κ3) is 2.52. The van der Waals surface area contributed by atoms with E-state index < -0.39 is 5.54 Å². The molecule has 0 radical (unpaired) electrons. The summed E-state index contributed by atoms with van der Waals surface area (Å²) in [4.78, 5) is 29.9. The van der Waals surface area contributed by atoms with Gasteiger partial charge in [0.2, 0.25) is 0 Å². The van der Waals surface area contributed by atoms with Crippen molar-refractivity contribution in [2.75, 3.05) is 6.61 Å². The minimum Gasteiger partial charge on any atom is -0.493 e. The first-order valence-corrected chi connectivity index (χ1v) is 6.68. The number of para-hydroxylation sites is 1. The van der Waals surface area contributed by atoms with Gasteiger partial charge in [-0.3, -0.25) is 9.59 Å². The molecule has 1 aromatic heterocycles.